The number of hydrogen-bond donors (Lipinski definition) is 1. The molecule has 1 rings (SSSR count). The fourth-order valence-electron chi connectivity index (χ4n) is 0.904. The van der Waals surface area contributed by atoms with E-state index in [1.54, 1.807) is 0 Å². The normalized spacial score (nSPS) is 10.8. The van der Waals surface area contributed by atoms with Crippen LogP contribution in [0.4, 0.5) is 8.78 Å². The number of alkyl halides is 3. The summed E-state index contributed by atoms with van der Waals surface area (Å²) in [5.74, 6) is 0. The monoisotopic (exact) mass is 271 g/mol. The van der Waals surface area contributed by atoms with Gasteiger partial charge in [0, 0.05) is 17.1 Å². The van der Waals surface area contributed by atoms with E-state index < -0.39 is 22.6 Å². The fraction of sp³-hybridized carbons (Fsp3) is 0.286. The Morgan fingerprint density at radius 3 is 2.69 bits per heavy atom. The lowest BCUT2D eigenvalue weighted by Crippen LogP contribution is -2.11. The molecule has 0 aliphatic carbocycles. The van der Waals surface area contributed by atoms with Gasteiger partial charge in [0.15, 0.2) is 0 Å². The number of H-pyrrole nitrogens is 1. The summed E-state index contributed by atoms with van der Waals surface area (Å²) in [5, 5.41) is -0.213. The van der Waals surface area contributed by atoms with Crippen LogP contribution in [0.1, 0.15) is 17.6 Å². The van der Waals surface area contributed by atoms with Gasteiger partial charge < -0.3 is 4.98 Å². The van der Waals surface area contributed by atoms with Gasteiger partial charge in [-0.05, 0) is 5.56 Å². The number of pyridine rings is 1. The molecule has 0 aliphatic rings. The summed E-state index contributed by atoms with van der Waals surface area (Å²) in [4.78, 5) is 13.1. The molecule has 0 spiro atoms. The molecular formula is C7H5BrClF2NO. The molecule has 0 amide bonds. The molecule has 0 saturated heterocycles. The minimum atomic E-state index is -2.73. The lowest BCUT2D eigenvalue weighted by atomic mass is 10.2. The zero-order valence-corrected chi connectivity index (χ0v) is 8.62. The molecule has 1 aromatic heterocycles. The smallest absolute Gasteiger partial charge is 0.267 e. The van der Waals surface area contributed by atoms with Crippen molar-refractivity contribution >= 4 is 27.5 Å². The molecule has 2 nitrogen and oxygen atoms in total. The standard InChI is InChI=1S/C7H5BrClF2NO/c8-1-3-2-12-7(13)5(9)4(3)6(10)11/h2,6H,1H2,(H,12,13). The first-order valence-corrected chi connectivity index (χ1v) is 4.82. The van der Waals surface area contributed by atoms with Gasteiger partial charge in [0.25, 0.3) is 12.0 Å². The van der Waals surface area contributed by atoms with Crippen LogP contribution in [0.2, 0.25) is 5.02 Å². The van der Waals surface area contributed by atoms with Crippen LogP contribution in [0, 0.1) is 0 Å². The number of aromatic amines is 1. The van der Waals surface area contributed by atoms with Crippen molar-refractivity contribution in [2.75, 3.05) is 0 Å². The van der Waals surface area contributed by atoms with Crippen LogP contribution in [-0.4, -0.2) is 4.98 Å². The van der Waals surface area contributed by atoms with Gasteiger partial charge in [0.2, 0.25) is 0 Å². The molecule has 0 atom stereocenters. The van der Waals surface area contributed by atoms with Gasteiger partial charge in [-0.3, -0.25) is 4.79 Å². The van der Waals surface area contributed by atoms with Gasteiger partial charge in [-0.2, -0.15) is 0 Å². The van der Waals surface area contributed by atoms with Crippen LogP contribution >= 0.6 is 27.5 Å². The number of aromatic nitrogens is 1. The van der Waals surface area contributed by atoms with Crippen LogP contribution in [0.5, 0.6) is 0 Å². The predicted octanol–water partition coefficient (Wildman–Crippen LogP) is 2.86. The maximum Gasteiger partial charge on any atom is 0.267 e. The van der Waals surface area contributed by atoms with E-state index in [0.29, 0.717) is 5.56 Å². The van der Waals surface area contributed by atoms with E-state index in [9.17, 15) is 13.6 Å². The molecule has 1 aromatic rings. The lowest BCUT2D eigenvalue weighted by Gasteiger charge is -2.06. The predicted molar refractivity (Wildman–Crippen MR) is 49.7 cm³/mol. The lowest BCUT2D eigenvalue weighted by molar-refractivity contribution is 0.150. The van der Waals surface area contributed by atoms with Gasteiger partial charge in [-0.25, -0.2) is 8.78 Å². The SMILES string of the molecule is O=c1[nH]cc(CBr)c(C(F)F)c1Cl. The summed E-state index contributed by atoms with van der Waals surface area (Å²) in [6.07, 6.45) is -1.51. The second-order valence-corrected chi connectivity index (χ2v) is 3.24. The minimum absolute atomic E-state index is 0.225. The Hall–Kier alpha value is -0.420. The maximum atomic E-state index is 12.4. The molecule has 0 unspecified atom stereocenters. The van der Waals surface area contributed by atoms with E-state index in [4.69, 9.17) is 11.6 Å². The molecule has 0 bridgehead atoms. The van der Waals surface area contributed by atoms with Crippen LogP contribution in [-0.2, 0) is 5.33 Å². The summed E-state index contributed by atoms with van der Waals surface area (Å²) in [7, 11) is 0. The molecule has 72 valence electrons. The molecule has 0 saturated carbocycles. The highest BCUT2D eigenvalue weighted by Crippen LogP contribution is 2.28. The average molecular weight is 272 g/mol. The van der Waals surface area contributed by atoms with E-state index in [1.165, 1.54) is 6.20 Å². The van der Waals surface area contributed by atoms with E-state index in [0.717, 1.165) is 0 Å². The van der Waals surface area contributed by atoms with E-state index in [-0.39, 0.29) is 5.33 Å². The van der Waals surface area contributed by atoms with Crippen LogP contribution in [0.3, 0.4) is 0 Å². The first kappa shape index (κ1) is 10.7. The number of rotatable bonds is 2. The second kappa shape index (κ2) is 4.19. The molecule has 0 fully saturated rings. The highest BCUT2D eigenvalue weighted by Gasteiger charge is 2.18. The Labute approximate surface area is 86.0 Å². The van der Waals surface area contributed by atoms with Gasteiger partial charge in [0.05, 0.1) is 0 Å². The first-order chi connectivity index (χ1) is 6.07. The van der Waals surface area contributed by atoms with Crippen molar-refractivity contribution in [1.82, 2.24) is 4.98 Å². The summed E-state index contributed by atoms with van der Waals surface area (Å²) in [6, 6.07) is 0. The Bertz CT molecular complexity index is 366. The topological polar surface area (TPSA) is 32.9 Å². The third-order valence-electron chi connectivity index (χ3n) is 1.52. The van der Waals surface area contributed by atoms with E-state index in [1.807, 2.05) is 0 Å². The Morgan fingerprint density at radius 1 is 1.62 bits per heavy atom. The van der Waals surface area contributed by atoms with Gasteiger partial charge in [0.1, 0.15) is 5.02 Å². The highest BCUT2D eigenvalue weighted by atomic mass is 79.9. The number of halogens is 4. The van der Waals surface area contributed by atoms with Crippen molar-refractivity contribution in [2.24, 2.45) is 0 Å². The summed E-state index contributed by atoms with van der Waals surface area (Å²) in [6.45, 7) is 0. The van der Waals surface area contributed by atoms with Gasteiger partial charge >= 0.3 is 0 Å². The third-order valence-corrected chi connectivity index (χ3v) is 2.50. The largest absolute Gasteiger partial charge is 0.328 e. The molecule has 13 heavy (non-hydrogen) atoms. The van der Waals surface area contributed by atoms with Crippen molar-refractivity contribution in [3.63, 3.8) is 0 Å². The Morgan fingerprint density at radius 2 is 2.23 bits per heavy atom. The average Bonchev–Trinajstić information content (AvgIpc) is 2.08. The summed E-state index contributed by atoms with van der Waals surface area (Å²) in [5.41, 5.74) is -0.802. The van der Waals surface area contributed by atoms with Crippen molar-refractivity contribution in [3.8, 4) is 0 Å². The van der Waals surface area contributed by atoms with Gasteiger partial charge in [-0.1, -0.05) is 27.5 Å². The van der Waals surface area contributed by atoms with Crippen molar-refractivity contribution in [1.29, 1.82) is 0 Å². The molecule has 6 heteroatoms. The highest BCUT2D eigenvalue weighted by molar-refractivity contribution is 9.08. The van der Waals surface area contributed by atoms with Crippen molar-refractivity contribution in [3.05, 3.63) is 32.7 Å². The van der Waals surface area contributed by atoms with E-state index >= 15 is 0 Å². The zero-order chi connectivity index (χ0) is 10.0. The van der Waals surface area contributed by atoms with Crippen LogP contribution in [0.15, 0.2) is 11.0 Å². The number of nitrogens with one attached hydrogen (secondary N) is 1. The van der Waals surface area contributed by atoms with Crippen molar-refractivity contribution < 1.29 is 8.78 Å². The molecule has 1 N–H and O–H groups in total. The summed E-state index contributed by atoms with van der Waals surface area (Å²) >= 11 is 8.45. The zero-order valence-electron chi connectivity index (χ0n) is 6.28. The molecule has 0 aromatic carbocycles. The Balaban J connectivity index is 3.41. The summed E-state index contributed by atoms with van der Waals surface area (Å²) < 4.78 is 24.8. The van der Waals surface area contributed by atoms with Gasteiger partial charge in [-0.15, -0.1) is 0 Å². The molecular weight excluding hydrogens is 267 g/mol. The second-order valence-electron chi connectivity index (χ2n) is 2.31. The quantitative estimate of drug-likeness (QED) is 0.825. The molecule has 1 heterocycles. The molecule has 0 radical (unpaired) electrons. The third kappa shape index (κ3) is 2.08. The van der Waals surface area contributed by atoms with Crippen LogP contribution < -0.4 is 5.56 Å². The minimum Gasteiger partial charge on any atom is -0.328 e. The molecule has 0 aliphatic heterocycles. The maximum absolute atomic E-state index is 12.4. The van der Waals surface area contributed by atoms with Crippen LogP contribution in [0.25, 0.3) is 0 Å². The first-order valence-electron chi connectivity index (χ1n) is 3.32. The Kier molecular flexibility index (Phi) is 3.44. The van der Waals surface area contributed by atoms with E-state index in [2.05, 4.69) is 20.9 Å². The fourth-order valence-corrected chi connectivity index (χ4v) is 1.63. The van der Waals surface area contributed by atoms with Crippen molar-refractivity contribution in [2.45, 2.75) is 11.8 Å². The number of hydrogen-bond acceptors (Lipinski definition) is 1.